The van der Waals surface area contributed by atoms with Gasteiger partial charge < -0.3 is 9.47 Å². The highest BCUT2D eigenvalue weighted by Crippen LogP contribution is 2.36. The molecule has 0 bridgehead atoms. The summed E-state index contributed by atoms with van der Waals surface area (Å²) >= 11 is 1.25. The van der Waals surface area contributed by atoms with Gasteiger partial charge in [0.05, 0.1) is 34.9 Å². The van der Waals surface area contributed by atoms with Crippen molar-refractivity contribution in [3.8, 4) is 11.5 Å². The largest absolute Gasteiger partial charge is 0.493 e. The number of hydrogen-bond acceptors (Lipinski definition) is 7. The lowest BCUT2D eigenvalue weighted by molar-refractivity contribution is 0.102. The van der Waals surface area contributed by atoms with Crippen molar-refractivity contribution in [2.24, 2.45) is 0 Å². The van der Waals surface area contributed by atoms with Gasteiger partial charge >= 0.3 is 0 Å². The molecular weight excluding hydrogens is 376 g/mol. The van der Waals surface area contributed by atoms with Crippen LogP contribution >= 0.6 is 11.3 Å². The number of fused-ring (bicyclic) bond motifs is 1. The molecule has 0 fully saturated rings. The summed E-state index contributed by atoms with van der Waals surface area (Å²) in [5.41, 5.74) is 0.712. The lowest BCUT2D eigenvalue weighted by atomic mass is 10.2. The summed E-state index contributed by atoms with van der Waals surface area (Å²) in [6.45, 7) is 0. The number of carbonyl (C=O) groups excluding carboxylic acids is 1. The monoisotopic (exact) mass is 392 g/mol. The zero-order valence-corrected chi connectivity index (χ0v) is 15.9. The molecule has 0 saturated heterocycles. The fourth-order valence-electron chi connectivity index (χ4n) is 2.45. The Labute approximate surface area is 154 Å². The Morgan fingerprint density at radius 1 is 1.12 bits per heavy atom. The molecule has 0 aliphatic carbocycles. The van der Waals surface area contributed by atoms with Crippen molar-refractivity contribution < 1.29 is 22.7 Å². The molecule has 0 aliphatic heterocycles. The smallest absolute Gasteiger partial charge is 0.258 e. The van der Waals surface area contributed by atoms with Crippen LogP contribution in [0, 0.1) is 0 Å². The van der Waals surface area contributed by atoms with E-state index < -0.39 is 15.7 Å². The van der Waals surface area contributed by atoms with Gasteiger partial charge in [-0.05, 0) is 12.1 Å². The zero-order chi connectivity index (χ0) is 18.9. The second-order valence-electron chi connectivity index (χ2n) is 5.42. The minimum Gasteiger partial charge on any atom is -0.493 e. The van der Waals surface area contributed by atoms with Gasteiger partial charge in [-0.2, -0.15) is 0 Å². The summed E-state index contributed by atoms with van der Waals surface area (Å²) in [4.78, 5) is 16.9. The van der Waals surface area contributed by atoms with Crippen molar-refractivity contribution >= 4 is 42.4 Å². The van der Waals surface area contributed by atoms with E-state index in [-0.39, 0.29) is 10.5 Å². The Balaban J connectivity index is 1.96. The molecule has 1 N–H and O–H groups in total. The minimum atomic E-state index is -3.52. The first-order chi connectivity index (χ1) is 12.3. The first-order valence-corrected chi connectivity index (χ1v) is 10.2. The number of amides is 1. The van der Waals surface area contributed by atoms with Crippen molar-refractivity contribution in [1.29, 1.82) is 0 Å². The molecule has 0 aliphatic rings. The van der Waals surface area contributed by atoms with Crippen LogP contribution in [0.15, 0.2) is 41.3 Å². The number of carbonyl (C=O) groups is 1. The van der Waals surface area contributed by atoms with E-state index in [0.29, 0.717) is 22.1 Å². The van der Waals surface area contributed by atoms with Gasteiger partial charge in [0.2, 0.25) is 0 Å². The average Bonchev–Trinajstić information content (AvgIpc) is 3.00. The molecule has 26 heavy (non-hydrogen) atoms. The van der Waals surface area contributed by atoms with Gasteiger partial charge in [-0.15, -0.1) is 0 Å². The summed E-state index contributed by atoms with van der Waals surface area (Å²) in [6.07, 6.45) is 1.06. The Kier molecular flexibility index (Phi) is 4.84. The maximum Gasteiger partial charge on any atom is 0.258 e. The fraction of sp³-hybridized carbons (Fsp3) is 0.176. The number of hydrogen-bond donors (Lipinski definition) is 1. The van der Waals surface area contributed by atoms with E-state index in [0.717, 1.165) is 11.0 Å². The van der Waals surface area contributed by atoms with E-state index >= 15 is 0 Å². The number of thiazole rings is 1. The third-order valence-electron chi connectivity index (χ3n) is 3.65. The molecule has 3 aromatic rings. The van der Waals surface area contributed by atoms with Gasteiger partial charge in [-0.25, -0.2) is 13.4 Å². The van der Waals surface area contributed by atoms with E-state index in [1.807, 2.05) is 0 Å². The standard InChI is InChI=1S/C17H16N2O5S2/c1-23-12-8-11-14(9-13(12)24-2)25-17(18-11)19-16(20)10-6-4-5-7-15(10)26(3,21)22/h4-9H,1-3H3,(H,18,19,20). The van der Waals surface area contributed by atoms with Crippen molar-refractivity contribution in [2.45, 2.75) is 4.90 Å². The molecule has 1 amide bonds. The van der Waals surface area contributed by atoms with Crippen LogP contribution in [-0.4, -0.2) is 39.8 Å². The quantitative estimate of drug-likeness (QED) is 0.717. The second-order valence-corrected chi connectivity index (χ2v) is 8.43. The maximum atomic E-state index is 12.5. The van der Waals surface area contributed by atoms with E-state index in [9.17, 15) is 13.2 Å². The number of nitrogens with one attached hydrogen (secondary N) is 1. The summed E-state index contributed by atoms with van der Waals surface area (Å²) in [6, 6.07) is 9.53. The van der Waals surface area contributed by atoms with Gasteiger partial charge in [0.25, 0.3) is 5.91 Å². The summed E-state index contributed by atoms with van der Waals surface area (Å²) < 4.78 is 35.0. The van der Waals surface area contributed by atoms with E-state index in [2.05, 4.69) is 10.3 Å². The predicted molar refractivity (Wildman–Crippen MR) is 100 cm³/mol. The van der Waals surface area contributed by atoms with Crippen LogP contribution in [0.25, 0.3) is 10.2 Å². The van der Waals surface area contributed by atoms with Crippen LogP contribution in [0.2, 0.25) is 0 Å². The number of anilines is 1. The highest BCUT2D eigenvalue weighted by Gasteiger charge is 2.19. The van der Waals surface area contributed by atoms with E-state index in [1.54, 1.807) is 24.3 Å². The maximum absolute atomic E-state index is 12.5. The van der Waals surface area contributed by atoms with Crippen LogP contribution in [-0.2, 0) is 9.84 Å². The first-order valence-electron chi connectivity index (χ1n) is 7.46. The second kappa shape index (κ2) is 6.93. The molecule has 2 aromatic carbocycles. The highest BCUT2D eigenvalue weighted by molar-refractivity contribution is 7.90. The SMILES string of the molecule is COc1cc2nc(NC(=O)c3ccccc3S(C)(=O)=O)sc2cc1OC. The van der Waals surface area contributed by atoms with Gasteiger partial charge in [-0.3, -0.25) is 10.1 Å². The zero-order valence-electron chi connectivity index (χ0n) is 14.3. The molecule has 3 rings (SSSR count). The predicted octanol–water partition coefficient (Wildman–Crippen LogP) is 2.97. The molecule has 9 heteroatoms. The molecule has 0 radical (unpaired) electrons. The minimum absolute atomic E-state index is 0.0260. The molecule has 7 nitrogen and oxygen atoms in total. The number of nitrogens with zero attached hydrogens (tertiary/aromatic N) is 1. The molecule has 1 aromatic heterocycles. The summed E-state index contributed by atoms with van der Waals surface area (Å²) in [5.74, 6) is 0.554. The fourth-order valence-corrected chi connectivity index (χ4v) is 4.21. The van der Waals surface area contributed by atoms with Gasteiger partial charge in [0.15, 0.2) is 26.5 Å². The van der Waals surface area contributed by atoms with Gasteiger partial charge in [0.1, 0.15) is 0 Å². The van der Waals surface area contributed by atoms with Crippen molar-refractivity contribution in [3.05, 3.63) is 42.0 Å². The van der Waals surface area contributed by atoms with Crippen LogP contribution in [0.1, 0.15) is 10.4 Å². The Morgan fingerprint density at radius 2 is 1.77 bits per heavy atom. The third kappa shape index (κ3) is 3.49. The highest BCUT2D eigenvalue weighted by atomic mass is 32.2. The van der Waals surface area contributed by atoms with Crippen LogP contribution in [0.5, 0.6) is 11.5 Å². The molecule has 0 unspecified atom stereocenters. The van der Waals surface area contributed by atoms with Crippen molar-refractivity contribution in [2.75, 3.05) is 25.8 Å². The molecule has 0 saturated carbocycles. The third-order valence-corrected chi connectivity index (χ3v) is 5.73. The molecule has 0 spiro atoms. The lowest BCUT2D eigenvalue weighted by Gasteiger charge is -2.06. The topological polar surface area (TPSA) is 94.6 Å². The molecule has 136 valence electrons. The van der Waals surface area contributed by atoms with Crippen LogP contribution < -0.4 is 14.8 Å². The molecule has 0 atom stereocenters. The lowest BCUT2D eigenvalue weighted by Crippen LogP contribution is -2.15. The Bertz CT molecular complexity index is 1050. The number of ether oxygens (including phenoxy) is 2. The van der Waals surface area contributed by atoms with Crippen molar-refractivity contribution in [3.63, 3.8) is 0 Å². The Morgan fingerprint density at radius 3 is 2.42 bits per heavy atom. The number of aromatic nitrogens is 1. The first kappa shape index (κ1) is 18.2. The van der Waals surface area contributed by atoms with Crippen LogP contribution in [0.3, 0.4) is 0 Å². The normalized spacial score (nSPS) is 11.3. The van der Waals surface area contributed by atoms with Gasteiger partial charge in [-0.1, -0.05) is 23.5 Å². The molecule has 1 heterocycles. The van der Waals surface area contributed by atoms with Gasteiger partial charge in [0, 0.05) is 18.4 Å². The van der Waals surface area contributed by atoms with E-state index in [4.69, 9.17) is 9.47 Å². The number of rotatable bonds is 5. The molecular formula is C17H16N2O5S2. The van der Waals surface area contributed by atoms with E-state index in [1.165, 1.54) is 37.7 Å². The number of sulfone groups is 1. The number of methoxy groups -OCH3 is 2. The summed E-state index contributed by atoms with van der Waals surface area (Å²) in [5, 5.41) is 3.01. The average molecular weight is 392 g/mol. The number of benzene rings is 2. The van der Waals surface area contributed by atoms with Crippen LogP contribution in [0.4, 0.5) is 5.13 Å². The summed E-state index contributed by atoms with van der Waals surface area (Å²) in [7, 11) is -0.458. The van der Waals surface area contributed by atoms with Crippen molar-refractivity contribution in [1.82, 2.24) is 4.98 Å². The Hall–Kier alpha value is -2.65.